The molecule has 1 aromatic rings. The predicted molar refractivity (Wildman–Crippen MR) is 65.0 cm³/mol. The first kappa shape index (κ1) is 14.6. The number of sulfonamides is 1. The highest BCUT2D eigenvalue weighted by Gasteiger charge is 2.17. The summed E-state index contributed by atoms with van der Waals surface area (Å²) in [7, 11) is -4.18. The molecule has 0 heterocycles. The van der Waals surface area contributed by atoms with E-state index in [9.17, 15) is 17.6 Å². The van der Waals surface area contributed by atoms with Gasteiger partial charge < -0.3 is 5.32 Å². The molecule has 1 rings (SSSR count). The number of nitrogens with one attached hydrogen (secondary N) is 1. The van der Waals surface area contributed by atoms with E-state index in [1.807, 2.05) is 13.8 Å². The van der Waals surface area contributed by atoms with Crippen LogP contribution in [-0.2, 0) is 10.0 Å². The quantitative estimate of drug-likeness (QED) is 0.858. The van der Waals surface area contributed by atoms with Gasteiger partial charge in [-0.2, -0.15) is 0 Å². The number of hydrogen-bond acceptors (Lipinski definition) is 3. The molecule has 100 valence electrons. The second-order valence-corrected chi connectivity index (χ2v) is 5.50. The molecule has 18 heavy (non-hydrogen) atoms. The maximum Gasteiger partial charge on any atom is 0.251 e. The summed E-state index contributed by atoms with van der Waals surface area (Å²) in [6, 6.07) is 3.00. The Morgan fingerprint density at radius 2 is 2.11 bits per heavy atom. The van der Waals surface area contributed by atoms with E-state index in [4.69, 9.17) is 5.14 Å². The van der Waals surface area contributed by atoms with E-state index in [-0.39, 0.29) is 11.6 Å². The van der Waals surface area contributed by atoms with Crippen molar-refractivity contribution in [2.24, 2.45) is 5.14 Å². The van der Waals surface area contributed by atoms with E-state index in [1.165, 1.54) is 6.07 Å². The topological polar surface area (TPSA) is 89.3 Å². The monoisotopic (exact) mass is 274 g/mol. The number of carbonyl (C=O) groups is 1. The minimum atomic E-state index is -4.18. The Morgan fingerprint density at radius 3 is 2.61 bits per heavy atom. The summed E-state index contributed by atoms with van der Waals surface area (Å²) >= 11 is 0. The third-order valence-corrected chi connectivity index (χ3v) is 3.42. The summed E-state index contributed by atoms with van der Waals surface area (Å²) < 4.78 is 35.5. The van der Waals surface area contributed by atoms with Gasteiger partial charge in [-0.05, 0) is 31.5 Å². The fourth-order valence-electron chi connectivity index (χ4n) is 1.27. The standard InChI is InChI=1S/C11H15FN2O3S/c1-3-7(2)14-11(15)8-4-5-9(12)10(6-8)18(13,16)17/h4-7H,3H2,1-2H3,(H,14,15)(H2,13,16,17). The molecule has 0 aromatic heterocycles. The van der Waals surface area contributed by atoms with Crippen molar-refractivity contribution in [2.45, 2.75) is 31.2 Å². The van der Waals surface area contributed by atoms with Crippen LogP contribution in [0.3, 0.4) is 0 Å². The summed E-state index contributed by atoms with van der Waals surface area (Å²) in [5.41, 5.74) is 0.0562. The Labute approximate surface area is 105 Å². The van der Waals surface area contributed by atoms with Crippen molar-refractivity contribution in [3.05, 3.63) is 29.6 Å². The highest BCUT2D eigenvalue weighted by molar-refractivity contribution is 7.89. The van der Waals surface area contributed by atoms with Gasteiger partial charge in [0.1, 0.15) is 10.7 Å². The van der Waals surface area contributed by atoms with Crippen LogP contribution in [0.1, 0.15) is 30.6 Å². The molecule has 0 spiro atoms. The highest BCUT2D eigenvalue weighted by atomic mass is 32.2. The molecule has 7 heteroatoms. The number of carbonyl (C=O) groups excluding carboxylic acids is 1. The third-order valence-electron chi connectivity index (χ3n) is 2.49. The molecule has 0 radical (unpaired) electrons. The van der Waals surface area contributed by atoms with Crippen LogP contribution in [0.15, 0.2) is 23.1 Å². The molecule has 0 aliphatic carbocycles. The maximum absolute atomic E-state index is 13.3. The number of nitrogens with two attached hydrogens (primary N) is 1. The maximum atomic E-state index is 13.3. The number of amides is 1. The van der Waals surface area contributed by atoms with Crippen LogP contribution >= 0.6 is 0 Å². The average molecular weight is 274 g/mol. The molecular weight excluding hydrogens is 259 g/mol. The molecule has 3 N–H and O–H groups in total. The van der Waals surface area contributed by atoms with E-state index < -0.39 is 26.6 Å². The lowest BCUT2D eigenvalue weighted by Gasteiger charge is -2.11. The minimum absolute atomic E-state index is 0.0551. The van der Waals surface area contributed by atoms with E-state index >= 15 is 0 Å². The molecule has 0 saturated carbocycles. The van der Waals surface area contributed by atoms with Gasteiger partial charge in [0.05, 0.1) is 0 Å². The second kappa shape index (κ2) is 5.45. The van der Waals surface area contributed by atoms with Gasteiger partial charge in [-0.3, -0.25) is 4.79 Å². The lowest BCUT2D eigenvalue weighted by atomic mass is 10.2. The SMILES string of the molecule is CCC(C)NC(=O)c1ccc(F)c(S(N)(=O)=O)c1. The van der Waals surface area contributed by atoms with Crippen LogP contribution in [0.4, 0.5) is 4.39 Å². The molecule has 1 unspecified atom stereocenters. The van der Waals surface area contributed by atoms with Crippen LogP contribution in [0.5, 0.6) is 0 Å². The zero-order chi connectivity index (χ0) is 13.9. The Morgan fingerprint density at radius 1 is 1.50 bits per heavy atom. The first-order valence-corrected chi connectivity index (χ1v) is 6.93. The average Bonchev–Trinajstić information content (AvgIpc) is 2.27. The van der Waals surface area contributed by atoms with Gasteiger partial charge in [0, 0.05) is 11.6 Å². The Bertz CT molecular complexity index is 557. The Hall–Kier alpha value is -1.47. The summed E-state index contributed by atoms with van der Waals surface area (Å²) in [6.45, 7) is 3.70. The van der Waals surface area contributed by atoms with Crippen molar-refractivity contribution >= 4 is 15.9 Å². The number of hydrogen-bond donors (Lipinski definition) is 2. The van der Waals surface area contributed by atoms with Gasteiger partial charge in [0.2, 0.25) is 10.0 Å². The molecule has 1 aromatic carbocycles. The van der Waals surface area contributed by atoms with Gasteiger partial charge in [-0.1, -0.05) is 6.92 Å². The van der Waals surface area contributed by atoms with Crippen molar-refractivity contribution in [2.75, 3.05) is 0 Å². The molecule has 1 amide bonds. The fourth-order valence-corrected chi connectivity index (χ4v) is 1.90. The van der Waals surface area contributed by atoms with Gasteiger partial charge in [0.15, 0.2) is 0 Å². The van der Waals surface area contributed by atoms with Crippen molar-refractivity contribution < 1.29 is 17.6 Å². The lowest BCUT2D eigenvalue weighted by molar-refractivity contribution is 0.0939. The third kappa shape index (κ3) is 3.51. The van der Waals surface area contributed by atoms with Crippen LogP contribution < -0.4 is 10.5 Å². The fraction of sp³-hybridized carbons (Fsp3) is 0.364. The zero-order valence-corrected chi connectivity index (χ0v) is 10.9. The lowest BCUT2D eigenvalue weighted by Crippen LogP contribution is -2.32. The van der Waals surface area contributed by atoms with Gasteiger partial charge >= 0.3 is 0 Å². The Balaban J connectivity index is 3.10. The van der Waals surface area contributed by atoms with Crippen molar-refractivity contribution in [1.82, 2.24) is 5.32 Å². The first-order chi connectivity index (χ1) is 8.25. The van der Waals surface area contributed by atoms with Crippen LogP contribution in [-0.4, -0.2) is 20.4 Å². The molecule has 5 nitrogen and oxygen atoms in total. The number of halogens is 1. The van der Waals surface area contributed by atoms with E-state index in [2.05, 4.69) is 5.32 Å². The molecule has 0 saturated heterocycles. The number of primary sulfonamides is 1. The molecule has 1 atom stereocenters. The normalized spacial score (nSPS) is 13.1. The summed E-state index contributed by atoms with van der Waals surface area (Å²) in [5.74, 6) is -1.44. The minimum Gasteiger partial charge on any atom is -0.350 e. The molecule has 0 bridgehead atoms. The summed E-state index contributed by atoms with van der Waals surface area (Å²) in [5, 5.41) is 7.50. The highest BCUT2D eigenvalue weighted by Crippen LogP contribution is 2.15. The van der Waals surface area contributed by atoms with E-state index in [0.717, 1.165) is 18.6 Å². The summed E-state index contributed by atoms with van der Waals surface area (Å²) in [6.07, 6.45) is 0.731. The number of benzene rings is 1. The van der Waals surface area contributed by atoms with Crippen molar-refractivity contribution in [3.63, 3.8) is 0 Å². The van der Waals surface area contributed by atoms with Crippen LogP contribution in [0, 0.1) is 5.82 Å². The summed E-state index contributed by atoms with van der Waals surface area (Å²) in [4.78, 5) is 11.1. The van der Waals surface area contributed by atoms with Gasteiger partial charge in [-0.15, -0.1) is 0 Å². The zero-order valence-electron chi connectivity index (χ0n) is 10.1. The molecule has 0 aliphatic rings. The first-order valence-electron chi connectivity index (χ1n) is 5.39. The largest absolute Gasteiger partial charge is 0.350 e. The predicted octanol–water partition coefficient (Wildman–Crippen LogP) is 1.00. The molecule has 0 fully saturated rings. The smallest absolute Gasteiger partial charge is 0.251 e. The van der Waals surface area contributed by atoms with E-state index in [0.29, 0.717) is 0 Å². The van der Waals surface area contributed by atoms with Gasteiger partial charge in [-0.25, -0.2) is 17.9 Å². The second-order valence-electron chi connectivity index (χ2n) is 3.97. The van der Waals surface area contributed by atoms with Crippen LogP contribution in [0.2, 0.25) is 0 Å². The van der Waals surface area contributed by atoms with E-state index in [1.54, 1.807) is 0 Å². The molecule has 0 aliphatic heterocycles. The van der Waals surface area contributed by atoms with Crippen LogP contribution in [0.25, 0.3) is 0 Å². The van der Waals surface area contributed by atoms with Gasteiger partial charge in [0.25, 0.3) is 5.91 Å². The number of rotatable bonds is 4. The molecular formula is C11H15FN2O3S. The Kier molecular flexibility index (Phi) is 4.42. The van der Waals surface area contributed by atoms with Crippen molar-refractivity contribution in [1.29, 1.82) is 0 Å². The van der Waals surface area contributed by atoms with Crippen molar-refractivity contribution in [3.8, 4) is 0 Å².